The van der Waals surface area contributed by atoms with Gasteiger partial charge in [0.15, 0.2) is 12.4 Å². The fourth-order valence-electron chi connectivity index (χ4n) is 1.66. The number of nitrogens with one attached hydrogen (secondary N) is 1. The summed E-state index contributed by atoms with van der Waals surface area (Å²) >= 11 is 0. The molecule has 2 aromatic rings. The van der Waals surface area contributed by atoms with Gasteiger partial charge in [-0.3, -0.25) is 4.79 Å². The summed E-state index contributed by atoms with van der Waals surface area (Å²) in [6, 6.07) is 7.25. The highest BCUT2D eigenvalue weighted by Crippen LogP contribution is 2.29. The van der Waals surface area contributed by atoms with Crippen molar-refractivity contribution in [2.24, 2.45) is 0 Å². The van der Waals surface area contributed by atoms with Crippen LogP contribution < -0.4 is 10.0 Å². The van der Waals surface area contributed by atoms with E-state index in [9.17, 15) is 23.2 Å². The van der Waals surface area contributed by atoms with E-state index in [1.165, 1.54) is 36.7 Å². The lowest BCUT2D eigenvalue weighted by molar-refractivity contribution is -0.605. The highest BCUT2D eigenvalue weighted by Gasteiger charge is 2.29. The Morgan fingerprint density at radius 2 is 1.67 bits per heavy atom. The summed E-state index contributed by atoms with van der Waals surface area (Å²) in [6.45, 7) is 0.100. The number of benzene rings is 1. The van der Waals surface area contributed by atoms with E-state index in [-0.39, 0.29) is 6.54 Å². The number of pyridine rings is 1. The van der Waals surface area contributed by atoms with Crippen LogP contribution in [0, 0.1) is 5.21 Å². The van der Waals surface area contributed by atoms with Crippen molar-refractivity contribution in [3.8, 4) is 0 Å². The molecule has 0 bridgehead atoms. The lowest BCUT2D eigenvalue weighted by Crippen LogP contribution is -2.27. The van der Waals surface area contributed by atoms with Gasteiger partial charge in [0, 0.05) is 18.7 Å². The van der Waals surface area contributed by atoms with Crippen LogP contribution in [0.25, 0.3) is 0 Å². The average Bonchev–Trinajstić information content (AvgIpc) is 2.45. The third kappa shape index (κ3) is 3.95. The van der Waals surface area contributed by atoms with Crippen LogP contribution >= 0.6 is 0 Å². The van der Waals surface area contributed by atoms with Crippen LogP contribution in [0.2, 0.25) is 0 Å². The normalized spacial score (nSPS) is 11.2. The summed E-state index contributed by atoms with van der Waals surface area (Å²) in [4.78, 5) is 11.8. The second-order valence-electron chi connectivity index (χ2n) is 4.32. The quantitative estimate of drug-likeness (QED) is 0.698. The molecule has 0 aliphatic rings. The van der Waals surface area contributed by atoms with Crippen LogP contribution in [0.5, 0.6) is 0 Å². The Kier molecular flexibility index (Phi) is 4.11. The molecule has 7 heteroatoms. The zero-order valence-electron chi connectivity index (χ0n) is 10.7. The number of hydrogen-bond acceptors (Lipinski definition) is 2. The molecule has 0 saturated carbocycles. The van der Waals surface area contributed by atoms with Crippen molar-refractivity contribution in [1.82, 2.24) is 5.32 Å². The van der Waals surface area contributed by atoms with Crippen LogP contribution in [-0.4, -0.2) is 5.91 Å². The first-order valence-corrected chi connectivity index (χ1v) is 5.99. The molecule has 1 N–H and O–H groups in total. The largest absolute Gasteiger partial charge is 0.619 e. The number of rotatable bonds is 3. The Morgan fingerprint density at radius 3 is 2.19 bits per heavy atom. The minimum Gasteiger partial charge on any atom is -0.619 e. The van der Waals surface area contributed by atoms with Gasteiger partial charge in [0.2, 0.25) is 0 Å². The SMILES string of the molecule is O=C(NCc1ccc(C(F)(F)F)cc1)c1cc[n+]([O-])cc1. The molecule has 0 spiro atoms. The molecule has 110 valence electrons. The van der Waals surface area contributed by atoms with E-state index in [0.29, 0.717) is 15.9 Å². The van der Waals surface area contributed by atoms with Crippen molar-refractivity contribution >= 4 is 5.91 Å². The number of carbonyl (C=O) groups excluding carboxylic acids is 1. The second kappa shape index (κ2) is 5.82. The molecule has 2 rings (SSSR count). The smallest absolute Gasteiger partial charge is 0.416 e. The number of aromatic nitrogens is 1. The highest BCUT2D eigenvalue weighted by molar-refractivity contribution is 5.93. The monoisotopic (exact) mass is 296 g/mol. The molecule has 0 radical (unpaired) electrons. The van der Waals surface area contributed by atoms with Crippen molar-refractivity contribution in [2.75, 3.05) is 0 Å². The molecule has 0 atom stereocenters. The van der Waals surface area contributed by atoms with Gasteiger partial charge < -0.3 is 10.5 Å². The number of hydrogen-bond donors (Lipinski definition) is 1. The van der Waals surface area contributed by atoms with Gasteiger partial charge >= 0.3 is 6.18 Å². The average molecular weight is 296 g/mol. The van der Waals surface area contributed by atoms with E-state index in [0.717, 1.165) is 12.1 Å². The predicted molar refractivity (Wildman–Crippen MR) is 68.0 cm³/mol. The van der Waals surface area contributed by atoms with E-state index >= 15 is 0 Å². The van der Waals surface area contributed by atoms with Crippen LogP contribution in [-0.2, 0) is 12.7 Å². The summed E-state index contributed by atoms with van der Waals surface area (Å²) in [5, 5.41) is 13.4. The zero-order valence-corrected chi connectivity index (χ0v) is 10.7. The van der Waals surface area contributed by atoms with Crippen LogP contribution in [0.15, 0.2) is 48.8 Å². The Hall–Kier alpha value is -2.57. The number of amides is 1. The van der Waals surface area contributed by atoms with Gasteiger partial charge in [-0.05, 0) is 17.7 Å². The van der Waals surface area contributed by atoms with Crippen molar-refractivity contribution in [3.63, 3.8) is 0 Å². The molecule has 21 heavy (non-hydrogen) atoms. The second-order valence-corrected chi connectivity index (χ2v) is 4.32. The molecular formula is C14H11F3N2O2. The number of nitrogens with zero attached hydrogens (tertiary/aromatic N) is 1. The molecule has 0 saturated heterocycles. The molecule has 1 aromatic heterocycles. The third-order valence-corrected chi connectivity index (χ3v) is 2.80. The first kappa shape index (κ1) is 14.8. The van der Waals surface area contributed by atoms with Crippen molar-refractivity contribution in [2.45, 2.75) is 12.7 Å². The summed E-state index contributed by atoms with van der Waals surface area (Å²) in [5.41, 5.74) is 0.112. The number of alkyl halides is 3. The molecule has 1 aromatic carbocycles. The molecule has 1 amide bonds. The summed E-state index contributed by atoms with van der Waals surface area (Å²) < 4.78 is 37.7. The topological polar surface area (TPSA) is 56.0 Å². The van der Waals surface area contributed by atoms with Crippen LogP contribution in [0.4, 0.5) is 13.2 Å². The molecule has 1 heterocycles. The summed E-state index contributed by atoms with van der Waals surface area (Å²) in [6.07, 6.45) is -2.00. The van der Waals surface area contributed by atoms with Gasteiger partial charge in [0.05, 0.1) is 11.1 Å². The van der Waals surface area contributed by atoms with Crippen molar-refractivity contribution in [1.29, 1.82) is 0 Å². The Bertz CT molecular complexity index is 622. The highest BCUT2D eigenvalue weighted by atomic mass is 19.4. The van der Waals surface area contributed by atoms with Gasteiger partial charge in [-0.2, -0.15) is 17.9 Å². The minimum absolute atomic E-state index is 0.100. The van der Waals surface area contributed by atoms with Crippen LogP contribution in [0.3, 0.4) is 0 Å². The van der Waals surface area contributed by atoms with E-state index in [1.807, 2.05) is 0 Å². The standard InChI is InChI=1S/C14H11F3N2O2/c15-14(16,17)12-3-1-10(2-4-12)9-18-13(20)11-5-7-19(21)8-6-11/h1-8H,9H2,(H,18,20). The van der Waals surface area contributed by atoms with Crippen LogP contribution in [0.1, 0.15) is 21.5 Å². The van der Waals surface area contributed by atoms with E-state index in [2.05, 4.69) is 5.32 Å². The first-order chi connectivity index (χ1) is 9.86. The number of halogens is 3. The predicted octanol–water partition coefficient (Wildman–Crippen LogP) is 2.27. The fraction of sp³-hybridized carbons (Fsp3) is 0.143. The van der Waals surface area contributed by atoms with E-state index < -0.39 is 17.6 Å². The van der Waals surface area contributed by atoms with Gasteiger partial charge in [-0.25, -0.2) is 0 Å². The molecular weight excluding hydrogens is 285 g/mol. The first-order valence-electron chi connectivity index (χ1n) is 5.99. The van der Waals surface area contributed by atoms with Gasteiger partial charge in [0.1, 0.15) is 0 Å². The zero-order chi connectivity index (χ0) is 15.5. The fourth-order valence-corrected chi connectivity index (χ4v) is 1.66. The lowest BCUT2D eigenvalue weighted by Gasteiger charge is -2.08. The van der Waals surface area contributed by atoms with Gasteiger partial charge in [-0.1, -0.05) is 12.1 Å². The molecule has 0 unspecified atom stereocenters. The molecule has 0 fully saturated rings. The summed E-state index contributed by atoms with van der Waals surface area (Å²) in [5.74, 6) is -0.407. The van der Waals surface area contributed by atoms with E-state index in [4.69, 9.17) is 0 Å². The molecule has 0 aliphatic carbocycles. The molecule has 0 aliphatic heterocycles. The summed E-state index contributed by atoms with van der Waals surface area (Å²) in [7, 11) is 0. The van der Waals surface area contributed by atoms with Crippen molar-refractivity contribution in [3.05, 3.63) is 70.7 Å². The Morgan fingerprint density at radius 1 is 1.10 bits per heavy atom. The Balaban J connectivity index is 1.97. The molecule has 4 nitrogen and oxygen atoms in total. The Labute approximate surface area is 118 Å². The van der Waals surface area contributed by atoms with E-state index in [1.54, 1.807) is 0 Å². The third-order valence-electron chi connectivity index (χ3n) is 2.80. The minimum atomic E-state index is -4.38. The van der Waals surface area contributed by atoms with Gasteiger partial charge in [0.25, 0.3) is 5.91 Å². The lowest BCUT2D eigenvalue weighted by atomic mass is 10.1. The van der Waals surface area contributed by atoms with Crippen molar-refractivity contribution < 1.29 is 22.7 Å². The maximum absolute atomic E-state index is 12.4. The maximum atomic E-state index is 12.4. The van der Waals surface area contributed by atoms with Gasteiger partial charge in [-0.15, -0.1) is 0 Å². The maximum Gasteiger partial charge on any atom is 0.416 e. The number of carbonyl (C=O) groups is 1.